The number of nitrogens with zero attached hydrogens (tertiary/aromatic N) is 3. The fourth-order valence-corrected chi connectivity index (χ4v) is 5.45. The van der Waals surface area contributed by atoms with Crippen LogP contribution in [0.4, 0.5) is 15.8 Å². The van der Waals surface area contributed by atoms with Crippen molar-refractivity contribution < 1.29 is 9.18 Å². The van der Waals surface area contributed by atoms with Gasteiger partial charge in [0.25, 0.3) is 5.91 Å². The number of benzene rings is 2. The second kappa shape index (κ2) is 6.21. The van der Waals surface area contributed by atoms with Gasteiger partial charge >= 0.3 is 0 Å². The predicted octanol–water partition coefficient (Wildman–Crippen LogP) is 4.43. The van der Waals surface area contributed by atoms with Gasteiger partial charge in [-0.05, 0) is 61.8 Å². The first kappa shape index (κ1) is 17.5. The quantitative estimate of drug-likeness (QED) is 0.673. The molecule has 28 heavy (non-hydrogen) atoms. The Morgan fingerprint density at radius 2 is 1.89 bits per heavy atom. The third-order valence-corrected chi connectivity index (χ3v) is 6.53. The Balaban J connectivity index is 1.82. The van der Waals surface area contributed by atoms with E-state index in [0.29, 0.717) is 10.8 Å². The minimum atomic E-state index is -0.961. The Hall–Kier alpha value is -2.60. The molecule has 6 heteroatoms. The molecule has 2 aromatic carbocycles. The van der Waals surface area contributed by atoms with Crippen molar-refractivity contribution >= 4 is 40.3 Å². The van der Waals surface area contributed by atoms with Crippen LogP contribution < -0.4 is 9.80 Å². The molecule has 0 radical (unpaired) electrons. The number of carbonyl (C=O) groups is 1. The monoisotopic (exact) mass is 393 g/mol. The van der Waals surface area contributed by atoms with Crippen molar-refractivity contribution in [3.05, 3.63) is 59.9 Å². The molecule has 0 aromatic heterocycles. The Bertz CT molecular complexity index is 1020. The van der Waals surface area contributed by atoms with Gasteiger partial charge in [-0.3, -0.25) is 9.69 Å². The van der Waals surface area contributed by atoms with Crippen LogP contribution in [-0.4, -0.2) is 23.8 Å². The number of likely N-dealkylation sites (N-methyl/N-ethyl adjacent to an activating group) is 1. The first-order chi connectivity index (χ1) is 13.5. The van der Waals surface area contributed by atoms with Crippen molar-refractivity contribution in [2.45, 2.75) is 31.2 Å². The number of fused-ring (bicyclic) bond motifs is 4. The maximum Gasteiger partial charge on any atom is 0.258 e. The minimum absolute atomic E-state index is 0.000301. The third kappa shape index (κ3) is 2.18. The highest BCUT2D eigenvalue weighted by molar-refractivity contribution is 7.80. The fraction of sp³-hybridized carbons (Fsp3) is 0.318. The molecule has 1 aliphatic carbocycles. The summed E-state index contributed by atoms with van der Waals surface area (Å²) in [5.41, 5.74) is 2.60. The summed E-state index contributed by atoms with van der Waals surface area (Å²) in [5, 5.41) is 0.373. The van der Waals surface area contributed by atoms with Crippen molar-refractivity contribution in [1.29, 1.82) is 0 Å². The Morgan fingerprint density at radius 1 is 1.14 bits per heavy atom. The number of aliphatic imine (C=N–C) groups is 1. The van der Waals surface area contributed by atoms with Gasteiger partial charge in [0.2, 0.25) is 5.11 Å². The van der Waals surface area contributed by atoms with Gasteiger partial charge in [0, 0.05) is 35.6 Å². The molecular weight excluding hydrogens is 373 g/mol. The van der Waals surface area contributed by atoms with Crippen LogP contribution in [0.1, 0.15) is 31.2 Å². The normalized spacial score (nSPS) is 26.4. The molecule has 1 saturated carbocycles. The number of amides is 1. The number of para-hydroxylation sites is 1. The molecule has 4 nitrogen and oxygen atoms in total. The molecule has 1 fully saturated rings. The largest absolute Gasteiger partial charge is 0.313 e. The number of anilines is 2. The van der Waals surface area contributed by atoms with Crippen LogP contribution in [0.5, 0.6) is 0 Å². The topological polar surface area (TPSA) is 35.9 Å². The highest BCUT2D eigenvalue weighted by Gasteiger charge is 2.62. The molecule has 2 heterocycles. The van der Waals surface area contributed by atoms with Gasteiger partial charge in [0.15, 0.2) is 5.54 Å². The summed E-state index contributed by atoms with van der Waals surface area (Å²) in [6.45, 7) is 0. The molecule has 142 valence electrons. The summed E-state index contributed by atoms with van der Waals surface area (Å²) in [6, 6.07) is 14.1. The number of hydrogen-bond donors (Lipinski definition) is 0. The van der Waals surface area contributed by atoms with E-state index in [9.17, 15) is 9.18 Å². The second-order valence-electron chi connectivity index (χ2n) is 7.64. The van der Waals surface area contributed by atoms with Crippen molar-refractivity contribution in [1.82, 2.24) is 0 Å². The lowest BCUT2D eigenvalue weighted by Gasteiger charge is -2.50. The first-order valence-electron chi connectivity index (χ1n) is 9.60. The van der Waals surface area contributed by atoms with E-state index in [1.807, 2.05) is 36.2 Å². The fourth-order valence-electron chi connectivity index (χ4n) is 5.08. The van der Waals surface area contributed by atoms with Crippen LogP contribution >= 0.6 is 12.2 Å². The van der Waals surface area contributed by atoms with Gasteiger partial charge in [0.05, 0.1) is 0 Å². The summed E-state index contributed by atoms with van der Waals surface area (Å²) in [6.07, 6.45) is 3.86. The molecule has 5 rings (SSSR count). The lowest BCUT2D eigenvalue weighted by molar-refractivity contribution is -0.123. The van der Waals surface area contributed by atoms with Crippen LogP contribution in [0.3, 0.4) is 0 Å². The Morgan fingerprint density at radius 3 is 2.68 bits per heavy atom. The van der Waals surface area contributed by atoms with Gasteiger partial charge < -0.3 is 4.90 Å². The zero-order chi connectivity index (χ0) is 19.5. The highest BCUT2D eigenvalue weighted by Crippen LogP contribution is 2.54. The number of rotatable bonds is 1. The number of halogens is 1. The standard InChI is InChI=1S/C22H20FN3OS/c1-25-19-9-5-3-7-17(19)22(20(25)27)16-6-2-4-8-18(16)24-21(28)26(22)15-12-10-14(23)11-13-15/h3,5,7,9-13,16H,2,4,6,8H2,1H3. The third-order valence-electron chi connectivity index (χ3n) is 6.26. The summed E-state index contributed by atoms with van der Waals surface area (Å²) >= 11 is 5.71. The van der Waals surface area contributed by atoms with Crippen LogP contribution in [-0.2, 0) is 10.3 Å². The van der Waals surface area contributed by atoms with E-state index < -0.39 is 5.54 Å². The molecule has 0 bridgehead atoms. The number of hydrogen-bond acceptors (Lipinski definition) is 2. The molecular formula is C22H20FN3OS. The molecule has 2 aromatic rings. The Labute approximate surface area is 168 Å². The highest BCUT2D eigenvalue weighted by atomic mass is 32.1. The molecule has 0 saturated heterocycles. The molecule has 0 N–H and O–H groups in total. The van der Waals surface area contributed by atoms with E-state index in [4.69, 9.17) is 17.2 Å². The van der Waals surface area contributed by atoms with Gasteiger partial charge in [-0.25, -0.2) is 9.38 Å². The maximum absolute atomic E-state index is 13.9. The van der Waals surface area contributed by atoms with Crippen LogP contribution in [0, 0.1) is 11.7 Å². The number of thiocarbonyl (C=S) groups is 1. The summed E-state index contributed by atoms with van der Waals surface area (Å²) in [4.78, 5) is 22.2. The van der Waals surface area contributed by atoms with E-state index in [1.165, 1.54) is 12.1 Å². The van der Waals surface area contributed by atoms with E-state index in [-0.39, 0.29) is 17.6 Å². The predicted molar refractivity (Wildman–Crippen MR) is 112 cm³/mol. The second-order valence-corrected chi connectivity index (χ2v) is 8.01. The zero-order valence-corrected chi connectivity index (χ0v) is 16.4. The molecule has 2 aliphatic heterocycles. The van der Waals surface area contributed by atoms with Crippen LogP contribution in [0.2, 0.25) is 0 Å². The molecule has 3 aliphatic rings. The maximum atomic E-state index is 13.9. The molecule has 1 amide bonds. The minimum Gasteiger partial charge on any atom is -0.313 e. The van der Waals surface area contributed by atoms with E-state index in [1.54, 1.807) is 17.0 Å². The van der Waals surface area contributed by atoms with Gasteiger partial charge in [-0.15, -0.1) is 0 Å². The van der Waals surface area contributed by atoms with Gasteiger partial charge in [-0.1, -0.05) is 24.6 Å². The average molecular weight is 393 g/mol. The molecule has 2 unspecified atom stereocenters. The summed E-state index contributed by atoms with van der Waals surface area (Å²) < 4.78 is 13.6. The van der Waals surface area contributed by atoms with Crippen LogP contribution in [0.15, 0.2) is 53.5 Å². The lowest BCUT2D eigenvalue weighted by atomic mass is 9.68. The SMILES string of the molecule is CN1C(=O)C2(c3ccccc31)C1CCCCC1=NC(=S)N2c1ccc(F)cc1. The van der Waals surface area contributed by atoms with Crippen molar-refractivity contribution in [2.24, 2.45) is 10.9 Å². The summed E-state index contributed by atoms with van der Waals surface area (Å²) in [5.74, 6) is -0.367. The van der Waals surface area contributed by atoms with E-state index in [2.05, 4.69) is 0 Å². The van der Waals surface area contributed by atoms with Crippen molar-refractivity contribution in [3.8, 4) is 0 Å². The molecule has 2 atom stereocenters. The van der Waals surface area contributed by atoms with Crippen molar-refractivity contribution in [2.75, 3.05) is 16.8 Å². The lowest BCUT2D eigenvalue weighted by Crippen LogP contribution is -2.63. The average Bonchev–Trinajstić information content (AvgIpc) is 2.93. The zero-order valence-electron chi connectivity index (χ0n) is 15.6. The Kier molecular flexibility index (Phi) is 3.88. The summed E-state index contributed by atoms with van der Waals surface area (Å²) in [7, 11) is 1.82. The van der Waals surface area contributed by atoms with Gasteiger partial charge in [0.1, 0.15) is 5.82 Å². The smallest absolute Gasteiger partial charge is 0.258 e. The van der Waals surface area contributed by atoms with E-state index >= 15 is 0 Å². The van der Waals surface area contributed by atoms with Crippen molar-refractivity contribution in [3.63, 3.8) is 0 Å². The molecule has 1 spiro atoms. The van der Waals surface area contributed by atoms with E-state index in [0.717, 1.165) is 42.6 Å². The van der Waals surface area contributed by atoms with Crippen LogP contribution in [0.25, 0.3) is 0 Å². The van der Waals surface area contributed by atoms with Gasteiger partial charge in [-0.2, -0.15) is 0 Å². The number of carbonyl (C=O) groups excluding carboxylic acids is 1. The first-order valence-corrected chi connectivity index (χ1v) is 10.0.